The van der Waals surface area contributed by atoms with E-state index in [1.807, 2.05) is 0 Å². The van der Waals surface area contributed by atoms with Crippen LogP contribution in [0.15, 0.2) is 131 Å². The van der Waals surface area contributed by atoms with Crippen molar-refractivity contribution in [3.05, 3.63) is 133 Å². The standard InChI is InChI=1S/C37H29N3.2ClH.Fe/c1-24(38-36-30-16-8-4-12-26(30)22-27-13-5-9-17-31(27)36)34-20-21-35(40(34)3)25(2)39-37-32-18-10-6-14-28(32)23-29-15-7-11-19-33(29)37;;;/h4-23H,1-3H3;2*1H;/q;;;+2/p-2. The van der Waals surface area contributed by atoms with Crippen LogP contribution in [-0.4, -0.2) is 16.0 Å². The minimum atomic E-state index is 0.194. The van der Waals surface area contributed by atoms with Crippen molar-refractivity contribution in [2.24, 2.45) is 17.0 Å². The van der Waals surface area contributed by atoms with Crippen molar-refractivity contribution < 1.29 is 13.1 Å². The molecule has 0 fully saturated rings. The molecule has 0 radical (unpaired) electrons. The number of benzene rings is 6. The van der Waals surface area contributed by atoms with Crippen molar-refractivity contribution in [3.8, 4) is 0 Å². The number of halogens is 2. The summed E-state index contributed by atoms with van der Waals surface area (Å²) in [5.74, 6) is 0. The van der Waals surface area contributed by atoms with Crippen molar-refractivity contribution >= 4 is 86.1 Å². The Bertz CT molecular complexity index is 1920. The Morgan fingerprint density at radius 2 is 0.791 bits per heavy atom. The Kier molecular flexibility index (Phi) is 8.65. The van der Waals surface area contributed by atoms with Crippen LogP contribution in [0.1, 0.15) is 25.2 Å². The molecule has 0 saturated carbocycles. The van der Waals surface area contributed by atoms with E-state index >= 15 is 0 Å². The van der Waals surface area contributed by atoms with Crippen molar-refractivity contribution in [2.45, 2.75) is 13.8 Å². The second-order valence-electron chi connectivity index (χ2n) is 10.4. The van der Waals surface area contributed by atoms with E-state index in [4.69, 9.17) is 30.2 Å². The molecule has 1 aromatic heterocycles. The summed E-state index contributed by atoms with van der Waals surface area (Å²) in [7, 11) is 11.6. The molecule has 43 heavy (non-hydrogen) atoms. The van der Waals surface area contributed by atoms with Gasteiger partial charge in [0.15, 0.2) is 0 Å². The van der Waals surface area contributed by atoms with Gasteiger partial charge in [0.1, 0.15) is 0 Å². The maximum absolute atomic E-state index is 5.24. The zero-order valence-electron chi connectivity index (χ0n) is 24.0. The Morgan fingerprint density at radius 1 is 0.512 bits per heavy atom. The monoisotopic (exact) mass is 641 g/mol. The van der Waals surface area contributed by atoms with Gasteiger partial charge in [-0.05, 0) is 59.7 Å². The minimum absolute atomic E-state index is 0.194. The van der Waals surface area contributed by atoms with Crippen LogP contribution in [0.3, 0.4) is 0 Å². The van der Waals surface area contributed by atoms with Gasteiger partial charge in [-0.1, -0.05) is 97.1 Å². The molecule has 0 spiro atoms. The summed E-state index contributed by atoms with van der Waals surface area (Å²) in [6.07, 6.45) is 0. The van der Waals surface area contributed by atoms with Gasteiger partial charge < -0.3 is 4.57 Å². The van der Waals surface area contributed by atoms with Crippen LogP contribution in [0.5, 0.6) is 0 Å². The maximum atomic E-state index is 5.24. The normalized spacial score (nSPS) is 12.3. The van der Waals surface area contributed by atoms with Gasteiger partial charge in [-0.25, -0.2) is 0 Å². The van der Waals surface area contributed by atoms with Gasteiger partial charge in [-0.2, -0.15) is 0 Å². The van der Waals surface area contributed by atoms with E-state index in [1.165, 1.54) is 21.5 Å². The molecule has 7 aromatic rings. The molecule has 7 rings (SSSR count). The van der Waals surface area contributed by atoms with Crippen LogP contribution in [-0.2, 0) is 20.2 Å². The molecule has 0 aliphatic rings. The Labute approximate surface area is 266 Å². The number of aliphatic imine (C=N–C) groups is 2. The van der Waals surface area contributed by atoms with Gasteiger partial charge in [-0.15, -0.1) is 0 Å². The van der Waals surface area contributed by atoms with Crippen LogP contribution >= 0.6 is 20.2 Å². The first-order valence-corrected chi connectivity index (χ1v) is 17.0. The predicted molar refractivity (Wildman–Crippen MR) is 184 cm³/mol. The molecule has 6 heteroatoms. The Hall–Kier alpha value is -3.92. The molecule has 0 aliphatic carbocycles. The summed E-state index contributed by atoms with van der Waals surface area (Å²) >= 11 is 0.194. The summed E-state index contributed by atoms with van der Waals surface area (Å²) in [6.45, 7) is 4.20. The van der Waals surface area contributed by atoms with E-state index in [2.05, 4.69) is 147 Å². The van der Waals surface area contributed by atoms with Crippen molar-refractivity contribution in [2.75, 3.05) is 0 Å². The van der Waals surface area contributed by atoms with Gasteiger partial charge >= 0.3 is 33.3 Å². The van der Waals surface area contributed by atoms with Gasteiger partial charge in [0.05, 0.1) is 34.2 Å². The molecule has 0 bridgehead atoms. The zero-order chi connectivity index (χ0) is 29.9. The van der Waals surface area contributed by atoms with E-state index < -0.39 is 0 Å². The molecule has 0 amide bonds. The summed E-state index contributed by atoms with van der Waals surface area (Å²) in [5, 5.41) is 9.45. The first-order chi connectivity index (χ1) is 21.0. The van der Waals surface area contributed by atoms with Crippen LogP contribution in [0.4, 0.5) is 11.4 Å². The quantitative estimate of drug-likeness (QED) is 0.104. The van der Waals surface area contributed by atoms with E-state index in [1.54, 1.807) is 0 Å². The average molecular weight is 642 g/mol. The fourth-order valence-electron chi connectivity index (χ4n) is 5.91. The molecule has 214 valence electrons. The second-order valence-corrected chi connectivity index (χ2v) is 12.3. The molecule has 3 nitrogen and oxygen atoms in total. The molecular formula is C37H29Cl2FeN3. The van der Waals surface area contributed by atoms with E-state index in [-0.39, 0.29) is 13.1 Å². The Morgan fingerprint density at radius 3 is 1.09 bits per heavy atom. The summed E-state index contributed by atoms with van der Waals surface area (Å²) in [5.41, 5.74) is 6.12. The predicted octanol–water partition coefficient (Wildman–Crippen LogP) is 11.3. The van der Waals surface area contributed by atoms with E-state index in [0.29, 0.717) is 0 Å². The topological polar surface area (TPSA) is 29.6 Å². The fraction of sp³-hybridized carbons (Fsp3) is 0.0811. The summed E-state index contributed by atoms with van der Waals surface area (Å²) in [6, 6.07) is 42.8. The van der Waals surface area contributed by atoms with Crippen molar-refractivity contribution in [1.82, 2.24) is 4.57 Å². The van der Waals surface area contributed by atoms with Crippen LogP contribution in [0.25, 0.3) is 43.1 Å². The van der Waals surface area contributed by atoms with Crippen LogP contribution in [0, 0.1) is 0 Å². The van der Waals surface area contributed by atoms with Crippen molar-refractivity contribution in [3.63, 3.8) is 0 Å². The first-order valence-electron chi connectivity index (χ1n) is 13.9. The second kappa shape index (κ2) is 12.8. The third-order valence-electron chi connectivity index (χ3n) is 7.91. The number of hydrogen-bond donors (Lipinski definition) is 0. The third-order valence-corrected chi connectivity index (χ3v) is 7.91. The molecule has 0 N–H and O–H groups in total. The molecule has 0 saturated heterocycles. The molecule has 1 heterocycles. The first kappa shape index (κ1) is 29.2. The van der Waals surface area contributed by atoms with Gasteiger partial charge in [0, 0.05) is 28.6 Å². The van der Waals surface area contributed by atoms with Crippen molar-refractivity contribution in [1.29, 1.82) is 0 Å². The number of rotatable bonds is 4. The SMILES string of the molecule is CC(=Nc1c2ccccc2cc2ccccc12)c1ccc(C(C)=Nc2c3ccccc3cc3ccccc23)n1C.[Cl][Fe][Cl]. The van der Waals surface area contributed by atoms with Crippen LogP contribution < -0.4 is 0 Å². The number of fused-ring (bicyclic) bond motifs is 4. The number of nitrogens with zero attached hydrogens (tertiary/aromatic N) is 3. The summed E-state index contributed by atoms with van der Waals surface area (Å²) in [4.78, 5) is 10.5. The average Bonchev–Trinajstić information content (AvgIpc) is 3.42. The molecule has 0 unspecified atom stereocenters. The van der Waals surface area contributed by atoms with E-state index in [9.17, 15) is 0 Å². The molecule has 0 atom stereocenters. The van der Waals surface area contributed by atoms with Gasteiger partial charge in [0.2, 0.25) is 0 Å². The molecule has 6 aromatic carbocycles. The fourth-order valence-corrected chi connectivity index (χ4v) is 5.91. The Balaban J connectivity index is 0.00000105. The van der Waals surface area contributed by atoms with Gasteiger partial charge in [-0.3, -0.25) is 9.98 Å². The molecular weight excluding hydrogens is 613 g/mol. The number of aromatic nitrogens is 1. The zero-order valence-corrected chi connectivity index (χ0v) is 26.6. The summed E-state index contributed by atoms with van der Waals surface area (Å²) < 4.78 is 2.21. The molecule has 0 aliphatic heterocycles. The third kappa shape index (κ3) is 5.72. The van der Waals surface area contributed by atoms with E-state index in [0.717, 1.165) is 55.7 Å². The van der Waals surface area contributed by atoms with Gasteiger partial charge in [0.25, 0.3) is 0 Å². The van der Waals surface area contributed by atoms with Crippen LogP contribution in [0.2, 0.25) is 0 Å². The number of hydrogen-bond acceptors (Lipinski definition) is 2.